The molecular formula is C17H28N2O3. The van der Waals surface area contributed by atoms with Gasteiger partial charge in [0.1, 0.15) is 6.04 Å². The standard InChI is InChI=1S/C17H28N2O3/c1-11(15(20)18-3-4-22-2)19-16(21)17-8-12-5-13(9-17)7-14(6-12)10-17/h11-14H,3-10H2,1-2H3,(H,18,20)(H,19,21)/t11-,12?,13?,14?,17?/m0/s1. The van der Waals surface area contributed by atoms with Crippen LogP contribution in [0.5, 0.6) is 0 Å². The van der Waals surface area contributed by atoms with Gasteiger partial charge in [0, 0.05) is 19.1 Å². The maximum atomic E-state index is 12.8. The summed E-state index contributed by atoms with van der Waals surface area (Å²) in [6.07, 6.45) is 7.05. The van der Waals surface area contributed by atoms with E-state index in [1.165, 1.54) is 19.3 Å². The van der Waals surface area contributed by atoms with Crippen molar-refractivity contribution in [2.75, 3.05) is 20.3 Å². The lowest BCUT2D eigenvalue weighted by Crippen LogP contribution is -2.56. The molecule has 2 N–H and O–H groups in total. The number of ether oxygens (including phenoxy) is 1. The maximum Gasteiger partial charge on any atom is 0.242 e. The third-order valence-electron chi connectivity index (χ3n) is 5.87. The third-order valence-corrected chi connectivity index (χ3v) is 5.87. The highest BCUT2D eigenvalue weighted by molar-refractivity contribution is 5.90. The van der Waals surface area contributed by atoms with E-state index in [-0.39, 0.29) is 17.2 Å². The van der Waals surface area contributed by atoms with Gasteiger partial charge in [-0.25, -0.2) is 0 Å². The first-order valence-electron chi connectivity index (χ1n) is 8.60. The van der Waals surface area contributed by atoms with Crippen molar-refractivity contribution in [3.05, 3.63) is 0 Å². The molecule has 0 aromatic carbocycles. The number of carbonyl (C=O) groups excluding carboxylic acids is 2. The SMILES string of the molecule is COCCNC(=O)[C@H](C)NC(=O)C12CC3CC(CC(C3)C1)C2. The highest BCUT2D eigenvalue weighted by Gasteiger charge is 2.54. The van der Waals surface area contributed by atoms with Crippen molar-refractivity contribution in [2.24, 2.45) is 23.2 Å². The lowest BCUT2D eigenvalue weighted by Gasteiger charge is -2.55. The van der Waals surface area contributed by atoms with Crippen LogP contribution in [0.3, 0.4) is 0 Å². The molecule has 5 nitrogen and oxygen atoms in total. The van der Waals surface area contributed by atoms with Crippen molar-refractivity contribution in [2.45, 2.75) is 51.5 Å². The number of nitrogens with one attached hydrogen (secondary N) is 2. The maximum absolute atomic E-state index is 12.8. The summed E-state index contributed by atoms with van der Waals surface area (Å²) in [5.74, 6) is 2.20. The molecular weight excluding hydrogens is 280 g/mol. The molecule has 0 aromatic heterocycles. The molecule has 4 rings (SSSR count). The average molecular weight is 308 g/mol. The van der Waals surface area contributed by atoms with E-state index in [1.54, 1.807) is 14.0 Å². The number of methoxy groups -OCH3 is 1. The molecule has 0 aromatic rings. The monoisotopic (exact) mass is 308 g/mol. The fourth-order valence-electron chi connectivity index (χ4n) is 5.23. The van der Waals surface area contributed by atoms with Gasteiger partial charge in [-0.3, -0.25) is 9.59 Å². The minimum Gasteiger partial charge on any atom is -0.383 e. The Hall–Kier alpha value is -1.10. The minimum atomic E-state index is -0.475. The van der Waals surface area contributed by atoms with Gasteiger partial charge in [0.15, 0.2) is 0 Å². The molecule has 4 aliphatic rings. The Morgan fingerprint density at radius 2 is 1.68 bits per heavy atom. The molecule has 0 unspecified atom stereocenters. The predicted molar refractivity (Wildman–Crippen MR) is 83.1 cm³/mol. The van der Waals surface area contributed by atoms with E-state index in [0.29, 0.717) is 13.2 Å². The van der Waals surface area contributed by atoms with Crippen molar-refractivity contribution in [3.63, 3.8) is 0 Å². The first-order valence-corrected chi connectivity index (χ1v) is 8.60. The summed E-state index contributed by atoms with van der Waals surface area (Å²) >= 11 is 0. The van der Waals surface area contributed by atoms with E-state index in [0.717, 1.165) is 37.0 Å². The molecule has 4 fully saturated rings. The molecule has 0 heterocycles. The van der Waals surface area contributed by atoms with Gasteiger partial charge in [-0.2, -0.15) is 0 Å². The highest BCUT2D eigenvalue weighted by Crippen LogP contribution is 2.60. The summed E-state index contributed by atoms with van der Waals surface area (Å²) in [5, 5.41) is 5.76. The number of hydrogen-bond donors (Lipinski definition) is 2. The van der Waals surface area contributed by atoms with E-state index < -0.39 is 6.04 Å². The van der Waals surface area contributed by atoms with Crippen LogP contribution >= 0.6 is 0 Å². The second-order valence-electron chi connectivity index (χ2n) is 7.68. The van der Waals surface area contributed by atoms with Crippen molar-refractivity contribution < 1.29 is 14.3 Å². The Balaban J connectivity index is 1.56. The number of rotatable bonds is 6. The molecule has 4 bridgehead atoms. The summed E-state index contributed by atoms with van der Waals surface area (Å²) in [4.78, 5) is 24.8. The van der Waals surface area contributed by atoms with Gasteiger partial charge in [-0.1, -0.05) is 0 Å². The molecule has 1 atom stereocenters. The number of amides is 2. The zero-order valence-corrected chi connectivity index (χ0v) is 13.7. The van der Waals surface area contributed by atoms with Crippen LogP contribution in [0.4, 0.5) is 0 Å². The van der Waals surface area contributed by atoms with Gasteiger partial charge < -0.3 is 15.4 Å². The molecule has 124 valence electrons. The predicted octanol–water partition coefficient (Wildman–Crippen LogP) is 1.47. The van der Waals surface area contributed by atoms with Crippen LogP contribution in [-0.4, -0.2) is 38.1 Å². The minimum absolute atomic E-state index is 0.112. The summed E-state index contributed by atoms with van der Waals surface area (Å²) in [6, 6.07) is -0.475. The van der Waals surface area contributed by atoms with E-state index >= 15 is 0 Å². The molecule has 0 radical (unpaired) electrons. The van der Waals surface area contributed by atoms with Crippen molar-refractivity contribution >= 4 is 11.8 Å². The van der Waals surface area contributed by atoms with Gasteiger partial charge >= 0.3 is 0 Å². The smallest absolute Gasteiger partial charge is 0.242 e. The molecule has 0 spiro atoms. The first kappa shape index (κ1) is 15.8. The molecule has 0 aliphatic heterocycles. The van der Waals surface area contributed by atoms with Crippen molar-refractivity contribution in [1.82, 2.24) is 10.6 Å². The van der Waals surface area contributed by atoms with Crippen LogP contribution in [-0.2, 0) is 14.3 Å². The Morgan fingerprint density at radius 3 is 2.18 bits per heavy atom. The lowest BCUT2D eigenvalue weighted by atomic mass is 9.49. The van der Waals surface area contributed by atoms with Gasteiger partial charge in [-0.05, 0) is 63.2 Å². The Bertz CT molecular complexity index is 414. The van der Waals surface area contributed by atoms with E-state index in [9.17, 15) is 9.59 Å². The van der Waals surface area contributed by atoms with Crippen molar-refractivity contribution in [3.8, 4) is 0 Å². The summed E-state index contributed by atoms with van der Waals surface area (Å²) < 4.78 is 4.92. The summed E-state index contributed by atoms with van der Waals surface area (Å²) in [5.41, 5.74) is -0.185. The van der Waals surface area contributed by atoms with Gasteiger partial charge in [0.2, 0.25) is 11.8 Å². The quantitative estimate of drug-likeness (QED) is 0.730. The van der Waals surface area contributed by atoms with Crippen LogP contribution in [0.1, 0.15) is 45.4 Å². The topological polar surface area (TPSA) is 67.4 Å². The van der Waals surface area contributed by atoms with E-state index in [4.69, 9.17) is 4.74 Å². The van der Waals surface area contributed by atoms with Crippen LogP contribution in [0.25, 0.3) is 0 Å². The van der Waals surface area contributed by atoms with E-state index in [1.807, 2.05) is 0 Å². The molecule has 2 amide bonds. The molecule has 4 saturated carbocycles. The van der Waals surface area contributed by atoms with Crippen molar-refractivity contribution in [1.29, 1.82) is 0 Å². The fourth-order valence-corrected chi connectivity index (χ4v) is 5.23. The van der Waals surface area contributed by atoms with Gasteiger partial charge in [0.25, 0.3) is 0 Å². The Morgan fingerprint density at radius 1 is 1.14 bits per heavy atom. The summed E-state index contributed by atoms with van der Waals surface area (Å²) in [6.45, 7) is 2.73. The second kappa shape index (κ2) is 6.19. The average Bonchev–Trinajstić information content (AvgIpc) is 2.45. The van der Waals surface area contributed by atoms with Crippen LogP contribution < -0.4 is 10.6 Å². The van der Waals surface area contributed by atoms with E-state index in [2.05, 4.69) is 10.6 Å². The largest absolute Gasteiger partial charge is 0.383 e. The van der Waals surface area contributed by atoms with Crippen LogP contribution in [0.2, 0.25) is 0 Å². The van der Waals surface area contributed by atoms with Crippen LogP contribution in [0.15, 0.2) is 0 Å². The first-order chi connectivity index (χ1) is 10.5. The zero-order valence-electron chi connectivity index (χ0n) is 13.7. The summed E-state index contributed by atoms with van der Waals surface area (Å²) in [7, 11) is 1.60. The molecule has 22 heavy (non-hydrogen) atoms. The number of carbonyl (C=O) groups is 2. The highest BCUT2D eigenvalue weighted by atomic mass is 16.5. The molecule has 5 heteroatoms. The zero-order chi connectivity index (χ0) is 15.7. The van der Waals surface area contributed by atoms with Crippen LogP contribution in [0, 0.1) is 23.2 Å². The molecule has 4 aliphatic carbocycles. The van der Waals surface area contributed by atoms with Gasteiger partial charge in [-0.15, -0.1) is 0 Å². The Kier molecular flexibility index (Phi) is 4.44. The third kappa shape index (κ3) is 3.00. The Labute approximate surface area is 132 Å². The second-order valence-corrected chi connectivity index (χ2v) is 7.68. The lowest BCUT2D eigenvalue weighted by molar-refractivity contribution is -0.148. The molecule has 0 saturated heterocycles. The normalized spacial score (nSPS) is 36.9. The fraction of sp³-hybridized carbons (Fsp3) is 0.882. The van der Waals surface area contributed by atoms with Gasteiger partial charge in [0.05, 0.1) is 6.61 Å². The number of hydrogen-bond acceptors (Lipinski definition) is 3.